The van der Waals surface area contributed by atoms with Gasteiger partial charge in [-0.1, -0.05) is 30.1 Å². The first-order chi connectivity index (χ1) is 8.49. The highest BCUT2D eigenvalue weighted by Gasteiger charge is 2.27. The average molecular weight is 286 g/mol. The lowest BCUT2D eigenvalue weighted by atomic mass is 9.98. The second-order valence-corrected chi connectivity index (χ2v) is 5.31. The molecule has 0 aliphatic carbocycles. The number of carbonyl (C=O) groups excluding carboxylic acids is 2. The van der Waals surface area contributed by atoms with Gasteiger partial charge in [0.2, 0.25) is 0 Å². The molecule has 1 heterocycles. The Kier molecular flexibility index (Phi) is 3.93. The summed E-state index contributed by atoms with van der Waals surface area (Å²) in [4.78, 5) is 25.3. The fraction of sp³-hybridized carbons (Fsp3) is 0.385. The molecule has 1 aromatic rings. The predicted molar refractivity (Wildman–Crippen MR) is 71.2 cm³/mol. The number of hydrogen-bond donors (Lipinski definition) is 0. The van der Waals surface area contributed by atoms with Gasteiger partial charge >= 0.3 is 0 Å². The van der Waals surface area contributed by atoms with Crippen LogP contribution in [0.1, 0.15) is 23.7 Å². The Morgan fingerprint density at radius 2 is 2.06 bits per heavy atom. The molecule has 1 amide bonds. The number of ketones is 1. The number of rotatable bonds is 1. The third-order valence-corrected chi connectivity index (χ3v) is 3.86. The number of halogens is 2. The summed E-state index contributed by atoms with van der Waals surface area (Å²) >= 11 is 11.7. The maximum Gasteiger partial charge on any atom is 0.253 e. The molecule has 96 valence electrons. The van der Waals surface area contributed by atoms with E-state index in [1.165, 1.54) is 0 Å². The highest BCUT2D eigenvalue weighted by molar-refractivity contribution is 6.42. The molecule has 5 heteroatoms. The van der Waals surface area contributed by atoms with Crippen LogP contribution in [0.15, 0.2) is 18.2 Å². The summed E-state index contributed by atoms with van der Waals surface area (Å²) in [6.45, 7) is 2.79. The first-order valence-corrected chi connectivity index (χ1v) is 6.51. The van der Waals surface area contributed by atoms with Crippen molar-refractivity contribution in [3.8, 4) is 0 Å². The lowest BCUT2D eigenvalue weighted by Crippen LogP contribution is -2.43. The molecule has 0 N–H and O–H groups in total. The standard InChI is InChI=1S/C13H13Cl2NO2/c1-8-7-16(5-4-12(8)17)13(18)9-2-3-10(14)11(15)6-9/h2-3,6,8H,4-5,7H2,1H3. The number of nitrogens with zero attached hydrogens (tertiary/aromatic N) is 1. The van der Waals surface area contributed by atoms with Crippen molar-refractivity contribution in [1.82, 2.24) is 4.90 Å². The summed E-state index contributed by atoms with van der Waals surface area (Å²) in [6.07, 6.45) is 0.425. The lowest BCUT2D eigenvalue weighted by molar-refractivity contribution is -0.124. The van der Waals surface area contributed by atoms with Crippen molar-refractivity contribution in [3.63, 3.8) is 0 Å². The Morgan fingerprint density at radius 1 is 1.33 bits per heavy atom. The summed E-state index contributed by atoms with van der Waals surface area (Å²) in [6, 6.07) is 4.82. The second kappa shape index (κ2) is 5.29. The van der Waals surface area contributed by atoms with Gasteiger partial charge in [-0.15, -0.1) is 0 Å². The van der Waals surface area contributed by atoms with Gasteiger partial charge in [-0.2, -0.15) is 0 Å². The zero-order chi connectivity index (χ0) is 13.3. The van der Waals surface area contributed by atoms with E-state index in [0.29, 0.717) is 35.1 Å². The Bertz CT molecular complexity index is 502. The van der Waals surface area contributed by atoms with Gasteiger partial charge in [0.25, 0.3) is 5.91 Å². The largest absolute Gasteiger partial charge is 0.337 e. The van der Waals surface area contributed by atoms with E-state index in [-0.39, 0.29) is 17.6 Å². The smallest absolute Gasteiger partial charge is 0.253 e. The summed E-state index contributed by atoms with van der Waals surface area (Å²) in [5.41, 5.74) is 0.506. The summed E-state index contributed by atoms with van der Waals surface area (Å²) in [7, 11) is 0. The number of carbonyl (C=O) groups is 2. The highest BCUT2D eigenvalue weighted by Crippen LogP contribution is 2.24. The Morgan fingerprint density at radius 3 is 2.67 bits per heavy atom. The van der Waals surface area contributed by atoms with Crippen LogP contribution in [0.2, 0.25) is 10.0 Å². The first kappa shape index (κ1) is 13.4. The Balaban J connectivity index is 2.16. The molecule has 1 unspecified atom stereocenters. The molecule has 2 rings (SSSR count). The summed E-state index contributed by atoms with van der Waals surface area (Å²) in [5, 5.41) is 0.791. The fourth-order valence-corrected chi connectivity index (χ4v) is 2.31. The van der Waals surface area contributed by atoms with E-state index in [1.54, 1.807) is 23.1 Å². The Hall–Kier alpha value is -1.06. The molecule has 0 aromatic heterocycles. The van der Waals surface area contributed by atoms with E-state index in [0.717, 1.165) is 0 Å². The summed E-state index contributed by atoms with van der Waals surface area (Å²) < 4.78 is 0. The van der Waals surface area contributed by atoms with Crippen LogP contribution in [-0.4, -0.2) is 29.7 Å². The van der Waals surface area contributed by atoms with Gasteiger partial charge in [-0.3, -0.25) is 9.59 Å². The van der Waals surface area contributed by atoms with Gasteiger partial charge in [0.15, 0.2) is 0 Å². The second-order valence-electron chi connectivity index (χ2n) is 4.50. The zero-order valence-corrected chi connectivity index (χ0v) is 11.5. The number of amides is 1. The van der Waals surface area contributed by atoms with Crippen molar-refractivity contribution in [2.75, 3.05) is 13.1 Å². The van der Waals surface area contributed by atoms with Crippen LogP contribution >= 0.6 is 23.2 Å². The van der Waals surface area contributed by atoms with Gasteiger partial charge in [0, 0.05) is 31.0 Å². The monoisotopic (exact) mass is 285 g/mol. The maximum atomic E-state index is 12.2. The Labute approximate surface area is 116 Å². The van der Waals surface area contributed by atoms with Crippen molar-refractivity contribution in [3.05, 3.63) is 33.8 Å². The average Bonchev–Trinajstić information content (AvgIpc) is 2.35. The van der Waals surface area contributed by atoms with Crippen LogP contribution in [0.25, 0.3) is 0 Å². The zero-order valence-electron chi connectivity index (χ0n) is 9.95. The van der Waals surface area contributed by atoms with Crippen LogP contribution in [-0.2, 0) is 4.79 Å². The van der Waals surface area contributed by atoms with Crippen LogP contribution in [0.5, 0.6) is 0 Å². The minimum Gasteiger partial charge on any atom is -0.337 e. The topological polar surface area (TPSA) is 37.4 Å². The third-order valence-electron chi connectivity index (χ3n) is 3.13. The molecular weight excluding hydrogens is 273 g/mol. The number of Topliss-reactive ketones (excluding diaryl/α,β-unsaturated/α-hetero) is 1. The van der Waals surface area contributed by atoms with E-state index in [9.17, 15) is 9.59 Å². The molecule has 1 aliphatic rings. The molecule has 18 heavy (non-hydrogen) atoms. The predicted octanol–water partition coefficient (Wildman–Crippen LogP) is 3.04. The first-order valence-electron chi connectivity index (χ1n) is 5.76. The molecule has 3 nitrogen and oxygen atoms in total. The van der Waals surface area contributed by atoms with Crippen molar-refractivity contribution >= 4 is 34.9 Å². The van der Waals surface area contributed by atoms with Crippen molar-refractivity contribution in [1.29, 1.82) is 0 Å². The highest BCUT2D eigenvalue weighted by atomic mass is 35.5. The molecule has 0 radical (unpaired) electrons. The van der Waals surface area contributed by atoms with E-state index in [2.05, 4.69) is 0 Å². The summed E-state index contributed by atoms with van der Waals surface area (Å²) in [5.74, 6) is 0.0200. The third kappa shape index (κ3) is 2.68. The van der Waals surface area contributed by atoms with Crippen molar-refractivity contribution < 1.29 is 9.59 Å². The minimum absolute atomic E-state index is 0.0922. The number of likely N-dealkylation sites (tertiary alicyclic amines) is 1. The van der Waals surface area contributed by atoms with Gasteiger partial charge in [-0.05, 0) is 18.2 Å². The van der Waals surface area contributed by atoms with Crippen molar-refractivity contribution in [2.24, 2.45) is 5.92 Å². The fourth-order valence-electron chi connectivity index (χ4n) is 2.01. The van der Waals surface area contributed by atoms with Gasteiger partial charge < -0.3 is 4.90 Å². The van der Waals surface area contributed by atoms with Crippen LogP contribution < -0.4 is 0 Å². The molecule has 0 spiro atoms. The number of hydrogen-bond acceptors (Lipinski definition) is 2. The van der Waals surface area contributed by atoms with Crippen LogP contribution in [0.3, 0.4) is 0 Å². The molecule has 1 fully saturated rings. The van der Waals surface area contributed by atoms with Gasteiger partial charge in [-0.25, -0.2) is 0 Å². The quantitative estimate of drug-likeness (QED) is 0.795. The van der Waals surface area contributed by atoms with E-state index < -0.39 is 0 Å². The van der Waals surface area contributed by atoms with Gasteiger partial charge in [0.1, 0.15) is 5.78 Å². The van der Waals surface area contributed by atoms with Crippen LogP contribution in [0, 0.1) is 5.92 Å². The number of piperidine rings is 1. The molecule has 0 saturated carbocycles. The molecule has 1 saturated heterocycles. The molecule has 1 atom stereocenters. The SMILES string of the molecule is CC1CN(C(=O)c2ccc(Cl)c(Cl)c2)CCC1=O. The molecule has 1 aliphatic heterocycles. The maximum absolute atomic E-state index is 12.2. The van der Waals surface area contributed by atoms with Gasteiger partial charge in [0.05, 0.1) is 10.0 Å². The number of benzene rings is 1. The normalized spacial score (nSPS) is 20.1. The van der Waals surface area contributed by atoms with E-state index in [4.69, 9.17) is 23.2 Å². The van der Waals surface area contributed by atoms with E-state index >= 15 is 0 Å². The minimum atomic E-state index is -0.104. The van der Waals surface area contributed by atoms with Crippen LogP contribution in [0.4, 0.5) is 0 Å². The molecular formula is C13H13Cl2NO2. The van der Waals surface area contributed by atoms with E-state index in [1.807, 2.05) is 6.92 Å². The van der Waals surface area contributed by atoms with Crippen molar-refractivity contribution in [2.45, 2.75) is 13.3 Å². The molecule has 1 aromatic carbocycles. The molecule has 0 bridgehead atoms. The lowest BCUT2D eigenvalue weighted by Gasteiger charge is -2.30.